The van der Waals surface area contributed by atoms with E-state index in [9.17, 15) is 0 Å². The fourth-order valence-electron chi connectivity index (χ4n) is 8.01. The predicted octanol–water partition coefficient (Wildman–Crippen LogP) is 13.7. The van der Waals surface area contributed by atoms with Gasteiger partial charge in [-0.2, -0.15) is 0 Å². The highest BCUT2D eigenvalue weighted by atomic mass is 16.5. The molecule has 9 aromatic carbocycles. The van der Waals surface area contributed by atoms with Crippen LogP contribution in [-0.2, 0) is 0 Å². The lowest BCUT2D eigenvalue weighted by Crippen LogP contribution is -2.10. The van der Waals surface area contributed by atoms with Gasteiger partial charge in [-0.15, -0.1) is 0 Å². The van der Waals surface area contributed by atoms with Crippen LogP contribution in [0, 0.1) is 0 Å². The Labute approximate surface area is 306 Å². The molecule has 4 nitrogen and oxygen atoms in total. The van der Waals surface area contributed by atoms with Crippen molar-refractivity contribution in [3.05, 3.63) is 188 Å². The van der Waals surface area contributed by atoms with Gasteiger partial charge in [0.05, 0.1) is 5.69 Å². The maximum Gasteiger partial charge on any atom is 0.196 e. The van der Waals surface area contributed by atoms with E-state index in [1.807, 2.05) is 6.07 Å². The molecule has 0 fully saturated rings. The molecule has 0 bridgehead atoms. The van der Waals surface area contributed by atoms with Gasteiger partial charge in [0.25, 0.3) is 0 Å². The Balaban J connectivity index is 1.09. The topological polar surface area (TPSA) is 37.6 Å². The van der Waals surface area contributed by atoms with E-state index in [1.54, 1.807) is 0 Å². The van der Waals surface area contributed by atoms with Crippen molar-refractivity contribution in [2.24, 2.45) is 0 Å². The summed E-state index contributed by atoms with van der Waals surface area (Å²) >= 11 is 0. The second kappa shape index (κ2) is 11.8. The third-order valence-electron chi connectivity index (χ3n) is 10.6. The summed E-state index contributed by atoms with van der Waals surface area (Å²) in [5.41, 5.74) is 9.32. The first-order chi connectivity index (χ1) is 26.2. The highest BCUT2D eigenvalue weighted by Crippen LogP contribution is 2.47. The summed E-state index contributed by atoms with van der Waals surface area (Å²) in [7, 11) is 0. The minimum atomic E-state index is -0.247. The first kappa shape index (κ1) is 29.7. The molecule has 0 saturated carbocycles. The van der Waals surface area contributed by atoms with Gasteiger partial charge in [0.2, 0.25) is 0 Å². The Morgan fingerprint density at radius 2 is 1.06 bits per heavy atom. The Hall–Kier alpha value is -7.04. The molecule has 0 saturated heterocycles. The standard InChI is InChI=1S/C49H32N2O2/c1-3-9-31(10-4-1)32-17-21-38(22-18-32)51(40-24-25-41-43-27-36-13-7-8-14-37(36)28-45(43)52-46(41)30-40)39-23-19-33-15-16-34-20-26-44-48(47(34)42(33)29-39)53-49(50-44)35-11-5-2-6-12-35/h1-30,49-50H. The Kier molecular flexibility index (Phi) is 6.58. The summed E-state index contributed by atoms with van der Waals surface area (Å²) in [6.45, 7) is 0. The quantitative estimate of drug-likeness (QED) is 0.184. The minimum absolute atomic E-state index is 0.247. The lowest BCUT2D eigenvalue weighted by atomic mass is 9.99. The van der Waals surface area contributed by atoms with E-state index in [0.29, 0.717) is 0 Å². The zero-order valence-corrected chi connectivity index (χ0v) is 28.7. The van der Waals surface area contributed by atoms with Gasteiger partial charge >= 0.3 is 0 Å². The molecule has 1 unspecified atom stereocenters. The Morgan fingerprint density at radius 1 is 0.434 bits per heavy atom. The number of hydrogen-bond donors (Lipinski definition) is 1. The van der Waals surface area contributed by atoms with Crippen molar-refractivity contribution in [1.29, 1.82) is 0 Å². The highest BCUT2D eigenvalue weighted by Gasteiger charge is 2.26. The normalized spacial score (nSPS) is 13.8. The molecule has 250 valence electrons. The van der Waals surface area contributed by atoms with Crippen LogP contribution in [0.2, 0.25) is 0 Å². The van der Waals surface area contributed by atoms with E-state index in [1.165, 1.54) is 21.9 Å². The highest BCUT2D eigenvalue weighted by molar-refractivity contribution is 6.14. The van der Waals surface area contributed by atoms with E-state index in [-0.39, 0.29) is 6.23 Å². The molecule has 0 amide bonds. The lowest BCUT2D eigenvalue weighted by Gasteiger charge is -2.26. The molecule has 0 aliphatic carbocycles. The number of ether oxygens (including phenoxy) is 1. The van der Waals surface area contributed by atoms with Gasteiger partial charge in [0.15, 0.2) is 12.0 Å². The summed E-state index contributed by atoms with van der Waals surface area (Å²) in [6.07, 6.45) is -0.247. The van der Waals surface area contributed by atoms with Crippen LogP contribution in [0.25, 0.3) is 65.4 Å². The van der Waals surface area contributed by atoms with Gasteiger partial charge in [-0.25, -0.2) is 0 Å². The van der Waals surface area contributed by atoms with Crippen molar-refractivity contribution in [2.45, 2.75) is 6.23 Å². The van der Waals surface area contributed by atoms with Gasteiger partial charge in [-0.3, -0.25) is 0 Å². The summed E-state index contributed by atoms with van der Waals surface area (Å²) in [5, 5.41) is 12.7. The van der Waals surface area contributed by atoms with Crippen molar-refractivity contribution in [3.8, 4) is 16.9 Å². The monoisotopic (exact) mass is 680 g/mol. The van der Waals surface area contributed by atoms with Crippen LogP contribution >= 0.6 is 0 Å². The summed E-state index contributed by atoms with van der Waals surface area (Å²) in [4.78, 5) is 2.32. The van der Waals surface area contributed by atoms with Gasteiger partial charge in [-0.05, 0) is 92.7 Å². The molecule has 0 spiro atoms. The van der Waals surface area contributed by atoms with Gasteiger partial charge < -0.3 is 19.4 Å². The predicted molar refractivity (Wildman–Crippen MR) is 220 cm³/mol. The zero-order chi connectivity index (χ0) is 34.9. The average Bonchev–Trinajstić information content (AvgIpc) is 3.82. The summed E-state index contributed by atoms with van der Waals surface area (Å²) < 4.78 is 13.3. The molecule has 53 heavy (non-hydrogen) atoms. The molecule has 1 atom stereocenters. The van der Waals surface area contributed by atoms with Crippen LogP contribution in [0.4, 0.5) is 22.7 Å². The number of hydrogen-bond acceptors (Lipinski definition) is 4. The minimum Gasteiger partial charge on any atom is -0.464 e. The molecule has 10 aromatic rings. The van der Waals surface area contributed by atoms with Crippen molar-refractivity contribution in [2.75, 3.05) is 10.2 Å². The third-order valence-corrected chi connectivity index (χ3v) is 10.6. The molecular weight excluding hydrogens is 649 g/mol. The van der Waals surface area contributed by atoms with Crippen molar-refractivity contribution in [1.82, 2.24) is 0 Å². The van der Waals surface area contributed by atoms with Crippen LogP contribution in [-0.4, -0.2) is 0 Å². The van der Waals surface area contributed by atoms with Gasteiger partial charge in [0, 0.05) is 44.9 Å². The van der Waals surface area contributed by atoms with Crippen LogP contribution in [0.3, 0.4) is 0 Å². The molecule has 1 N–H and O–H groups in total. The maximum atomic E-state index is 6.71. The average molecular weight is 681 g/mol. The first-order valence-corrected chi connectivity index (χ1v) is 18.0. The smallest absolute Gasteiger partial charge is 0.196 e. The van der Waals surface area contributed by atoms with Crippen molar-refractivity contribution < 1.29 is 9.15 Å². The van der Waals surface area contributed by atoms with Crippen LogP contribution < -0.4 is 15.0 Å². The number of benzene rings is 9. The SMILES string of the molecule is c1ccc(-c2ccc(N(c3ccc4c(c3)oc3cc5ccccc5cc34)c3ccc4ccc5ccc6c(c5c4c3)OC(c3ccccc3)N6)cc2)cc1. The second-order valence-corrected chi connectivity index (χ2v) is 13.8. The maximum absolute atomic E-state index is 6.71. The molecule has 4 heteroatoms. The molecule has 1 aliphatic rings. The number of nitrogens with one attached hydrogen (secondary N) is 1. The number of rotatable bonds is 5. The summed E-state index contributed by atoms with van der Waals surface area (Å²) in [6, 6.07) is 64.5. The van der Waals surface area contributed by atoms with E-state index in [2.05, 4.69) is 186 Å². The molecule has 0 radical (unpaired) electrons. The van der Waals surface area contributed by atoms with E-state index in [4.69, 9.17) is 9.15 Å². The van der Waals surface area contributed by atoms with E-state index < -0.39 is 0 Å². The zero-order valence-electron chi connectivity index (χ0n) is 28.7. The van der Waals surface area contributed by atoms with Crippen LogP contribution in [0.5, 0.6) is 5.75 Å². The number of anilines is 4. The second-order valence-electron chi connectivity index (χ2n) is 13.8. The van der Waals surface area contributed by atoms with E-state index >= 15 is 0 Å². The van der Waals surface area contributed by atoms with Crippen molar-refractivity contribution in [3.63, 3.8) is 0 Å². The largest absolute Gasteiger partial charge is 0.464 e. The fourth-order valence-corrected chi connectivity index (χ4v) is 8.01. The molecule has 2 heterocycles. The molecular formula is C49H32N2O2. The van der Waals surface area contributed by atoms with Crippen LogP contribution in [0.1, 0.15) is 11.8 Å². The van der Waals surface area contributed by atoms with E-state index in [0.717, 1.165) is 77.5 Å². The lowest BCUT2D eigenvalue weighted by molar-refractivity contribution is 0.263. The number of fused-ring (bicyclic) bond motifs is 9. The number of nitrogens with zero attached hydrogens (tertiary/aromatic N) is 1. The third kappa shape index (κ3) is 4.91. The summed E-state index contributed by atoms with van der Waals surface area (Å²) in [5.74, 6) is 0.883. The fraction of sp³-hybridized carbons (Fsp3) is 0.0204. The first-order valence-electron chi connectivity index (χ1n) is 18.0. The van der Waals surface area contributed by atoms with Crippen molar-refractivity contribution >= 4 is 77.0 Å². The van der Waals surface area contributed by atoms with Gasteiger partial charge in [0.1, 0.15) is 11.2 Å². The Morgan fingerprint density at radius 3 is 1.89 bits per heavy atom. The Bertz CT molecular complexity index is 3010. The molecule has 11 rings (SSSR count). The number of furan rings is 1. The molecule has 1 aliphatic heterocycles. The van der Waals surface area contributed by atoms with Crippen LogP contribution in [0.15, 0.2) is 186 Å². The molecule has 1 aromatic heterocycles. The van der Waals surface area contributed by atoms with Gasteiger partial charge in [-0.1, -0.05) is 121 Å².